The normalized spacial score (nSPS) is 20.4. The Hall–Kier alpha value is -6.75. The van der Waals surface area contributed by atoms with Crippen LogP contribution in [0.15, 0.2) is 84.9 Å². The van der Waals surface area contributed by atoms with Gasteiger partial charge in [-0.05, 0) is 92.6 Å². The van der Waals surface area contributed by atoms with E-state index < -0.39 is 42.9 Å². The van der Waals surface area contributed by atoms with Crippen molar-refractivity contribution in [3.8, 4) is 5.75 Å². The quantitative estimate of drug-likeness (QED) is 0.105. The van der Waals surface area contributed by atoms with Gasteiger partial charge in [0.2, 0.25) is 17.7 Å². The van der Waals surface area contributed by atoms with Crippen LogP contribution in [-0.2, 0) is 32.7 Å². The van der Waals surface area contributed by atoms with Crippen molar-refractivity contribution in [2.75, 3.05) is 61.6 Å². The summed E-state index contributed by atoms with van der Waals surface area (Å²) in [5.41, 5.74) is 2.63. The van der Waals surface area contributed by atoms with Crippen LogP contribution in [0.1, 0.15) is 102 Å². The zero-order chi connectivity index (χ0) is 50.7. The van der Waals surface area contributed by atoms with E-state index in [2.05, 4.69) is 0 Å². The summed E-state index contributed by atoms with van der Waals surface area (Å²) in [5, 5.41) is 0. The summed E-state index contributed by atoms with van der Waals surface area (Å²) < 4.78 is 65.7. The number of ether oxygens (including phenoxy) is 3. The van der Waals surface area contributed by atoms with Crippen LogP contribution in [0, 0.1) is 23.5 Å². The summed E-state index contributed by atoms with van der Waals surface area (Å²) in [6.07, 6.45) is 6.85. The molecule has 2 saturated heterocycles. The third-order valence-electron chi connectivity index (χ3n) is 13.5. The predicted octanol–water partition coefficient (Wildman–Crippen LogP) is 7.84. The summed E-state index contributed by atoms with van der Waals surface area (Å²) >= 11 is 0. The number of halogens is 2. The molecule has 16 nitrogen and oxygen atoms in total. The molecule has 0 bridgehead atoms. The number of fused-ring (bicyclic) bond motifs is 2. The van der Waals surface area contributed by atoms with Crippen LogP contribution in [0.4, 0.5) is 8.78 Å². The first-order chi connectivity index (χ1) is 34.0. The van der Waals surface area contributed by atoms with Crippen molar-refractivity contribution < 1.29 is 65.4 Å². The highest BCUT2D eigenvalue weighted by Crippen LogP contribution is 2.63. The summed E-state index contributed by atoms with van der Waals surface area (Å²) in [4.78, 5) is 80.3. The smallest absolute Gasteiger partial charge is 0.375 e. The summed E-state index contributed by atoms with van der Waals surface area (Å²) in [7, 11) is 4.14. The largest absolute Gasteiger partial charge is 0.497 e. The number of cyclic esters (lactones) is 2. The van der Waals surface area contributed by atoms with Gasteiger partial charge in [-0.2, -0.15) is 0 Å². The SMILES string of the molecule is CN(C(=O)C1CC1)[C@@H]1CCN(C(=O)c2cc(/C=C3\OC(=O)c4ccccc43)ccc2F)C1.COP(=O)(OC)C1OC(=O)c2ccccc21.COc1ccc(F)c(C(=O)N2CC[C@@H](N(C)C(=O)C3CC3)C2)c1. The van der Waals surface area contributed by atoms with Crippen molar-refractivity contribution in [3.05, 3.63) is 136 Å². The van der Waals surface area contributed by atoms with E-state index in [9.17, 15) is 42.1 Å². The number of nitrogens with zero attached hydrogens (tertiary/aromatic N) is 4. The van der Waals surface area contributed by atoms with Gasteiger partial charge in [-0.3, -0.25) is 23.7 Å². The predicted molar refractivity (Wildman–Crippen MR) is 255 cm³/mol. The Kier molecular flexibility index (Phi) is 15.2. The van der Waals surface area contributed by atoms with Gasteiger partial charge in [0.25, 0.3) is 11.8 Å². The number of likely N-dealkylation sites (tertiary alicyclic amines) is 2. The average molecular weight is 997 g/mol. The molecule has 1 unspecified atom stereocenters. The minimum absolute atomic E-state index is 0.0146. The fourth-order valence-electron chi connectivity index (χ4n) is 8.99. The molecular formula is C52H55F2N4O12P. The Morgan fingerprint density at radius 1 is 0.662 bits per heavy atom. The van der Waals surface area contributed by atoms with E-state index in [1.54, 1.807) is 88.3 Å². The zero-order valence-electron chi connectivity index (χ0n) is 40.0. The molecule has 0 spiro atoms. The first-order valence-corrected chi connectivity index (χ1v) is 25.0. The van der Waals surface area contributed by atoms with Gasteiger partial charge in [-0.15, -0.1) is 0 Å². The van der Waals surface area contributed by atoms with Crippen molar-refractivity contribution >= 4 is 55.0 Å². The fourth-order valence-corrected chi connectivity index (χ4v) is 10.3. The Morgan fingerprint density at radius 3 is 1.70 bits per heavy atom. The van der Waals surface area contributed by atoms with Crippen LogP contribution < -0.4 is 4.74 Å². The van der Waals surface area contributed by atoms with E-state index in [-0.39, 0.29) is 52.8 Å². The Balaban J connectivity index is 0.000000152. The maximum Gasteiger partial charge on any atom is 0.375 e. The number of likely N-dealkylation sites (N-methyl/N-ethyl adjacent to an activating group) is 2. The van der Waals surface area contributed by atoms with Gasteiger partial charge < -0.3 is 42.9 Å². The number of carbonyl (C=O) groups is 6. The highest BCUT2D eigenvalue weighted by atomic mass is 31.2. The number of carbonyl (C=O) groups excluding carboxylic acids is 6. The molecule has 71 heavy (non-hydrogen) atoms. The molecule has 2 aliphatic carbocycles. The van der Waals surface area contributed by atoms with Crippen LogP contribution >= 0.6 is 7.60 Å². The van der Waals surface area contributed by atoms with E-state index >= 15 is 0 Å². The van der Waals surface area contributed by atoms with Gasteiger partial charge >= 0.3 is 19.5 Å². The minimum Gasteiger partial charge on any atom is -0.497 e. The highest BCUT2D eigenvalue weighted by molar-refractivity contribution is 7.54. The summed E-state index contributed by atoms with van der Waals surface area (Å²) in [6, 6.07) is 22.2. The van der Waals surface area contributed by atoms with E-state index in [1.807, 2.05) is 6.07 Å². The molecule has 19 heteroatoms. The number of hydrogen-bond donors (Lipinski definition) is 0. The van der Waals surface area contributed by atoms with Crippen molar-refractivity contribution in [1.29, 1.82) is 0 Å². The van der Waals surface area contributed by atoms with Gasteiger partial charge in [0, 0.05) is 77.5 Å². The van der Waals surface area contributed by atoms with E-state index in [4.69, 9.17) is 23.3 Å². The number of benzene rings is 4. The van der Waals surface area contributed by atoms with Crippen LogP contribution in [-0.4, -0.2) is 129 Å². The lowest BCUT2D eigenvalue weighted by Crippen LogP contribution is -2.40. The van der Waals surface area contributed by atoms with Crippen LogP contribution in [0.25, 0.3) is 11.8 Å². The first kappa shape index (κ1) is 50.6. The van der Waals surface area contributed by atoms with E-state index in [1.165, 1.54) is 51.7 Å². The zero-order valence-corrected chi connectivity index (χ0v) is 40.9. The molecule has 0 aromatic heterocycles. The van der Waals surface area contributed by atoms with Gasteiger partial charge in [0.15, 0.2) is 0 Å². The molecule has 374 valence electrons. The number of amides is 4. The topological polar surface area (TPSA) is 179 Å². The number of esters is 2. The van der Waals surface area contributed by atoms with Gasteiger partial charge in [-0.25, -0.2) is 18.4 Å². The maximum atomic E-state index is 14.6. The second-order valence-corrected chi connectivity index (χ2v) is 20.4. The van der Waals surface area contributed by atoms with Crippen LogP contribution in [0.3, 0.4) is 0 Å². The molecule has 6 aliphatic rings. The molecule has 4 amide bonds. The Bertz CT molecular complexity index is 2830. The highest BCUT2D eigenvalue weighted by Gasteiger charge is 2.46. The van der Waals surface area contributed by atoms with Crippen molar-refractivity contribution in [3.63, 3.8) is 0 Å². The van der Waals surface area contributed by atoms with Gasteiger partial charge in [0.05, 0.1) is 41.4 Å². The van der Waals surface area contributed by atoms with Crippen LogP contribution in [0.2, 0.25) is 0 Å². The van der Waals surface area contributed by atoms with Crippen LogP contribution in [0.5, 0.6) is 5.75 Å². The van der Waals surface area contributed by atoms with Gasteiger partial charge in [-0.1, -0.05) is 42.5 Å². The molecule has 4 fully saturated rings. The van der Waals surface area contributed by atoms with Crippen molar-refractivity contribution in [1.82, 2.24) is 19.6 Å². The second-order valence-electron chi connectivity index (χ2n) is 18.1. The fraction of sp³-hybridized carbons (Fsp3) is 0.385. The van der Waals surface area contributed by atoms with Gasteiger partial charge in [0.1, 0.15) is 23.1 Å². The van der Waals surface area contributed by atoms with Crippen molar-refractivity contribution in [2.24, 2.45) is 11.8 Å². The Morgan fingerprint density at radius 2 is 1.17 bits per heavy atom. The lowest BCUT2D eigenvalue weighted by Gasteiger charge is -2.25. The average Bonchev–Trinajstić information content (AvgIpc) is 4.26. The molecule has 0 N–H and O–H groups in total. The third kappa shape index (κ3) is 10.9. The summed E-state index contributed by atoms with van der Waals surface area (Å²) in [6.45, 7) is 1.85. The van der Waals surface area contributed by atoms with E-state index in [0.29, 0.717) is 71.9 Å². The first-order valence-electron chi connectivity index (χ1n) is 23.3. The number of rotatable bonds is 11. The molecule has 2 saturated carbocycles. The number of methoxy groups -OCH3 is 1. The molecule has 10 rings (SSSR count). The maximum absolute atomic E-state index is 14.6. The Labute approximate surface area is 409 Å². The minimum atomic E-state index is -3.44. The third-order valence-corrected chi connectivity index (χ3v) is 15.5. The van der Waals surface area contributed by atoms with Crippen molar-refractivity contribution in [2.45, 2.75) is 56.5 Å². The molecule has 4 heterocycles. The van der Waals surface area contributed by atoms with E-state index in [0.717, 1.165) is 32.1 Å². The molecular weight excluding hydrogens is 942 g/mol. The lowest BCUT2D eigenvalue weighted by atomic mass is 10.0. The second kappa shape index (κ2) is 21.3. The molecule has 4 aromatic rings. The summed E-state index contributed by atoms with van der Waals surface area (Å²) in [5.74, 6) is -2.40. The molecule has 4 aromatic carbocycles. The molecule has 0 radical (unpaired) electrons. The molecule has 3 atom stereocenters. The monoisotopic (exact) mass is 996 g/mol. The lowest BCUT2D eigenvalue weighted by molar-refractivity contribution is -0.133. The number of hydrogen-bond acceptors (Lipinski definition) is 12. The molecule has 4 aliphatic heterocycles. The standard InChI is InChI=1S/C25H23FN2O4.C17H21FN2O3.C10H11O5P/c1-27(23(29)16-7-8-16)17-10-11-28(14-17)24(30)20-12-15(6-9-21(20)26)13-22-18-4-2-3-5-19(18)25(31)32-22;1-19(16(21)11-3-4-11)12-7-8-20(10-12)17(22)14-9-13(23-2)5-6-15(14)18;1-13-16(12,14-2)10-8-6-4-3-5-7(8)9(11)15-10/h2-6,9,12-13,16-17H,7-8,10-11,14H2,1H3;5-6,9,11-12H,3-4,7-8,10H2,1-2H3;3-6,10H,1-2H3/b22-13-;;/t17-;12-;/m11./s1.